The lowest BCUT2D eigenvalue weighted by molar-refractivity contribution is -0.176. The number of aliphatic imine (C=N–C) groups is 1. The van der Waals surface area contributed by atoms with Crippen LogP contribution in [-0.2, 0) is 22.7 Å². The lowest BCUT2D eigenvalue weighted by Crippen LogP contribution is -2.39. The number of alkyl halides is 3. The van der Waals surface area contributed by atoms with E-state index < -0.39 is 12.8 Å². The number of hydrogen-bond acceptors (Lipinski definition) is 3. The lowest BCUT2D eigenvalue weighted by Gasteiger charge is -2.20. The highest BCUT2D eigenvalue weighted by Gasteiger charge is 2.27. The van der Waals surface area contributed by atoms with Gasteiger partial charge in [-0.3, -0.25) is 4.79 Å². The minimum absolute atomic E-state index is 0. The van der Waals surface area contributed by atoms with E-state index in [2.05, 4.69) is 20.4 Å². The van der Waals surface area contributed by atoms with Gasteiger partial charge in [-0.15, -0.1) is 24.0 Å². The van der Waals surface area contributed by atoms with Crippen LogP contribution in [0.4, 0.5) is 13.2 Å². The Kier molecular flexibility index (Phi) is 13.6. The number of nitrogens with one attached hydrogen (secondary N) is 2. The summed E-state index contributed by atoms with van der Waals surface area (Å²) in [4.78, 5) is 18.6. The topological polar surface area (TPSA) is 66.0 Å². The van der Waals surface area contributed by atoms with E-state index in [0.717, 1.165) is 50.9 Å². The van der Waals surface area contributed by atoms with E-state index in [1.54, 1.807) is 12.1 Å². The largest absolute Gasteiger partial charge is 0.411 e. The fourth-order valence-electron chi connectivity index (χ4n) is 3.29. The molecule has 0 spiro atoms. The van der Waals surface area contributed by atoms with Crippen LogP contribution in [0.2, 0.25) is 0 Å². The van der Waals surface area contributed by atoms with Crippen LogP contribution in [0.15, 0.2) is 29.3 Å². The molecule has 0 radical (unpaired) electrons. The number of guanidine groups is 1. The van der Waals surface area contributed by atoms with Crippen molar-refractivity contribution in [3.05, 3.63) is 35.4 Å². The molecular weight excluding hydrogens is 536 g/mol. The number of rotatable bonds is 10. The van der Waals surface area contributed by atoms with Gasteiger partial charge in [-0.1, -0.05) is 30.7 Å². The zero-order valence-corrected chi connectivity index (χ0v) is 20.9. The number of likely N-dealkylation sites (tertiary alicyclic amines) is 1. The minimum Gasteiger partial charge on any atom is -0.367 e. The average molecular weight is 570 g/mol. The first-order chi connectivity index (χ1) is 14.9. The number of halogens is 4. The summed E-state index contributed by atoms with van der Waals surface area (Å²) < 4.78 is 41.1. The fourth-order valence-corrected chi connectivity index (χ4v) is 3.29. The van der Waals surface area contributed by atoms with Crippen LogP contribution < -0.4 is 10.6 Å². The summed E-state index contributed by atoms with van der Waals surface area (Å²) in [6.45, 7) is 4.16. The van der Waals surface area contributed by atoms with E-state index >= 15 is 0 Å². The predicted molar refractivity (Wildman–Crippen MR) is 130 cm³/mol. The summed E-state index contributed by atoms with van der Waals surface area (Å²) in [5.41, 5.74) is 1.64. The van der Waals surface area contributed by atoms with Crippen molar-refractivity contribution in [1.29, 1.82) is 0 Å². The predicted octanol–water partition coefficient (Wildman–Crippen LogP) is 4.23. The quantitative estimate of drug-likeness (QED) is 0.191. The fraction of sp³-hybridized carbons (Fsp3) is 0.636. The van der Waals surface area contributed by atoms with Crippen LogP contribution in [0.3, 0.4) is 0 Å². The van der Waals surface area contributed by atoms with Crippen LogP contribution in [-0.4, -0.2) is 55.7 Å². The zero-order valence-electron chi connectivity index (χ0n) is 18.5. The minimum atomic E-state index is -4.31. The normalized spacial score (nSPS) is 15.2. The lowest BCUT2D eigenvalue weighted by atomic mass is 10.1. The molecular formula is C22H34F3IN4O2. The Balaban J connectivity index is 0.00000512. The molecule has 1 aliphatic rings. The smallest absolute Gasteiger partial charge is 0.367 e. The first-order valence-electron chi connectivity index (χ1n) is 10.9. The third-order valence-electron chi connectivity index (χ3n) is 4.89. The van der Waals surface area contributed by atoms with Gasteiger partial charge in [0, 0.05) is 32.6 Å². The molecule has 1 aromatic carbocycles. The molecule has 10 heteroatoms. The number of amides is 1. The second-order valence-corrected chi connectivity index (χ2v) is 7.59. The highest BCUT2D eigenvalue weighted by atomic mass is 127. The van der Waals surface area contributed by atoms with Crippen LogP contribution >= 0.6 is 24.0 Å². The van der Waals surface area contributed by atoms with Crippen LogP contribution in [0.25, 0.3) is 0 Å². The van der Waals surface area contributed by atoms with E-state index in [9.17, 15) is 18.0 Å². The Morgan fingerprint density at radius 2 is 1.84 bits per heavy atom. The van der Waals surface area contributed by atoms with E-state index in [-0.39, 0.29) is 36.5 Å². The Morgan fingerprint density at radius 3 is 2.53 bits per heavy atom. The van der Waals surface area contributed by atoms with Gasteiger partial charge < -0.3 is 20.3 Å². The van der Waals surface area contributed by atoms with Crippen molar-refractivity contribution in [2.45, 2.75) is 58.4 Å². The molecule has 0 saturated carbocycles. The number of carbonyl (C=O) groups excluding carboxylic acids is 1. The standard InChI is InChI=1S/C22H33F3N4O2.HI/c1-2-26-21(27-12-6-14-29-13-5-3-4-7-20(29)30)28-15-18-8-10-19(11-9-18)16-31-17-22(23,24)25;/h8-11H,2-7,12-17H2,1H3,(H2,26,27,28);1H. The molecule has 0 aliphatic carbocycles. The van der Waals surface area contributed by atoms with Crippen LogP contribution in [0.5, 0.6) is 0 Å². The molecule has 1 fully saturated rings. The van der Waals surface area contributed by atoms with Crippen molar-refractivity contribution in [3.8, 4) is 0 Å². The van der Waals surface area contributed by atoms with Crippen LogP contribution in [0.1, 0.15) is 50.2 Å². The summed E-state index contributed by atoms with van der Waals surface area (Å²) in [6, 6.07) is 7.17. The van der Waals surface area contributed by atoms with Crippen molar-refractivity contribution in [2.24, 2.45) is 4.99 Å². The Bertz CT molecular complexity index is 699. The molecule has 1 amide bonds. The number of hydrogen-bond donors (Lipinski definition) is 2. The number of ether oxygens (including phenoxy) is 1. The van der Waals surface area contributed by atoms with Crippen molar-refractivity contribution >= 4 is 35.8 Å². The Labute approximate surface area is 205 Å². The number of carbonyl (C=O) groups is 1. The van der Waals surface area contributed by atoms with Gasteiger partial charge in [0.25, 0.3) is 0 Å². The van der Waals surface area contributed by atoms with Gasteiger partial charge in [0.05, 0.1) is 13.2 Å². The molecule has 1 aromatic rings. The molecule has 182 valence electrons. The third kappa shape index (κ3) is 11.9. The van der Waals surface area contributed by atoms with Crippen molar-refractivity contribution in [1.82, 2.24) is 15.5 Å². The number of nitrogens with zero attached hydrogens (tertiary/aromatic N) is 2. The molecule has 1 saturated heterocycles. The van der Waals surface area contributed by atoms with Crippen LogP contribution in [0, 0.1) is 0 Å². The van der Waals surface area contributed by atoms with Gasteiger partial charge in [0.2, 0.25) is 5.91 Å². The Hall–Kier alpha value is -1.56. The SMILES string of the molecule is CCNC(=NCc1ccc(COCC(F)(F)F)cc1)NCCCN1CCCCCC1=O.I. The van der Waals surface area contributed by atoms with Crippen molar-refractivity contribution < 1.29 is 22.7 Å². The van der Waals surface area contributed by atoms with Crippen molar-refractivity contribution in [2.75, 3.05) is 32.8 Å². The zero-order chi connectivity index (χ0) is 22.5. The second-order valence-electron chi connectivity index (χ2n) is 7.59. The molecule has 0 aromatic heterocycles. The van der Waals surface area contributed by atoms with Gasteiger partial charge in [-0.25, -0.2) is 4.99 Å². The summed E-state index contributed by atoms with van der Waals surface area (Å²) in [6.07, 6.45) is 0.392. The van der Waals surface area contributed by atoms with E-state index in [1.165, 1.54) is 0 Å². The number of benzene rings is 1. The highest BCUT2D eigenvalue weighted by molar-refractivity contribution is 14.0. The van der Waals surface area contributed by atoms with Gasteiger partial charge in [0.1, 0.15) is 6.61 Å². The monoisotopic (exact) mass is 570 g/mol. The molecule has 32 heavy (non-hydrogen) atoms. The maximum Gasteiger partial charge on any atom is 0.411 e. The maximum absolute atomic E-state index is 12.1. The molecule has 6 nitrogen and oxygen atoms in total. The van der Waals surface area contributed by atoms with E-state index in [0.29, 0.717) is 31.0 Å². The molecule has 0 atom stereocenters. The first-order valence-corrected chi connectivity index (χ1v) is 10.9. The maximum atomic E-state index is 12.1. The molecule has 1 heterocycles. The molecule has 0 bridgehead atoms. The first kappa shape index (κ1) is 28.5. The summed E-state index contributed by atoms with van der Waals surface area (Å²) in [5.74, 6) is 0.951. The second kappa shape index (κ2) is 15.3. The summed E-state index contributed by atoms with van der Waals surface area (Å²) in [5, 5.41) is 6.48. The van der Waals surface area contributed by atoms with Gasteiger partial charge in [0.15, 0.2) is 5.96 Å². The molecule has 0 unspecified atom stereocenters. The Morgan fingerprint density at radius 1 is 1.12 bits per heavy atom. The van der Waals surface area contributed by atoms with E-state index in [4.69, 9.17) is 0 Å². The molecule has 2 rings (SSSR count). The molecule has 2 N–H and O–H groups in total. The van der Waals surface area contributed by atoms with Gasteiger partial charge >= 0.3 is 6.18 Å². The summed E-state index contributed by atoms with van der Waals surface area (Å²) in [7, 11) is 0. The third-order valence-corrected chi connectivity index (χ3v) is 4.89. The highest BCUT2D eigenvalue weighted by Crippen LogP contribution is 2.16. The van der Waals surface area contributed by atoms with Gasteiger partial charge in [-0.05, 0) is 37.3 Å². The summed E-state index contributed by atoms with van der Waals surface area (Å²) >= 11 is 0. The molecule has 1 aliphatic heterocycles. The average Bonchev–Trinajstić information content (AvgIpc) is 2.93. The van der Waals surface area contributed by atoms with Crippen molar-refractivity contribution in [3.63, 3.8) is 0 Å². The van der Waals surface area contributed by atoms with E-state index in [1.807, 2.05) is 24.0 Å². The van der Waals surface area contributed by atoms with Gasteiger partial charge in [-0.2, -0.15) is 13.2 Å².